The normalized spacial score (nSPS) is 15.4. The van der Waals surface area contributed by atoms with Crippen LogP contribution in [0.15, 0.2) is 36.4 Å². The smallest absolute Gasteiger partial charge is 0.131 e. The fourth-order valence-electron chi connectivity index (χ4n) is 5.01. The van der Waals surface area contributed by atoms with Gasteiger partial charge >= 0.3 is 0 Å². The van der Waals surface area contributed by atoms with E-state index in [0.717, 1.165) is 34.1 Å². The largest absolute Gasteiger partial charge is 0.508 e. The van der Waals surface area contributed by atoms with Gasteiger partial charge in [0, 0.05) is 10.9 Å². The molecule has 0 unspecified atom stereocenters. The molecule has 0 amide bonds. The van der Waals surface area contributed by atoms with Crippen LogP contribution in [0.1, 0.15) is 81.2 Å². The highest BCUT2D eigenvalue weighted by Gasteiger charge is 2.33. The lowest BCUT2D eigenvalue weighted by molar-refractivity contribution is 0.460. The molecule has 0 spiro atoms. The molecule has 3 aromatic rings. The Hall–Kier alpha value is -2.94. The minimum Gasteiger partial charge on any atom is -0.508 e. The molecule has 0 saturated carbocycles. The second-order valence-electron chi connectivity index (χ2n) is 10.1. The van der Waals surface area contributed by atoms with Crippen molar-refractivity contribution in [2.24, 2.45) is 5.41 Å². The number of hydrogen-bond acceptors (Lipinski definition) is 3. The van der Waals surface area contributed by atoms with E-state index in [1.807, 2.05) is 24.3 Å². The lowest BCUT2D eigenvalue weighted by Gasteiger charge is -2.35. The van der Waals surface area contributed by atoms with Crippen molar-refractivity contribution in [1.82, 2.24) is 0 Å². The number of rotatable bonds is 3. The summed E-state index contributed by atoms with van der Waals surface area (Å²) < 4.78 is 0. The van der Waals surface area contributed by atoms with Crippen LogP contribution in [-0.2, 0) is 6.42 Å². The number of fused-ring (bicyclic) bond motifs is 2. The molecule has 0 bridgehead atoms. The third-order valence-electron chi connectivity index (χ3n) is 6.61. The molecule has 0 fully saturated rings. The number of aromatic hydroxyl groups is 3. The van der Waals surface area contributed by atoms with Gasteiger partial charge in [0.1, 0.15) is 17.2 Å². The van der Waals surface area contributed by atoms with Crippen molar-refractivity contribution in [3.8, 4) is 17.2 Å². The first kappa shape index (κ1) is 21.3. The van der Waals surface area contributed by atoms with Gasteiger partial charge in [-0.05, 0) is 81.2 Å². The molecular formula is C28H32O3. The van der Waals surface area contributed by atoms with Gasteiger partial charge in [0.25, 0.3) is 0 Å². The van der Waals surface area contributed by atoms with Crippen LogP contribution in [-0.4, -0.2) is 15.3 Å². The van der Waals surface area contributed by atoms with Crippen LogP contribution in [0.25, 0.3) is 22.4 Å². The monoisotopic (exact) mass is 416 g/mol. The molecule has 3 aromatic carbocycles. The van der Waals surface area contributed by atoms with Crippen molar-refractivity contribution >= 4 is 22.4 Å². The highest BCUT2D eigenvalue weighted by atomic mass is 16.3. The Bertz CT molecular complexity index is 1210. The van der Waals surface area contributed by atoms with Gasteiger partial charge in [0.2, 0.25) is 0 Å². The summed E-state index contributed by atoms with van der Waals surface area (Å²) in [6.45, 7) is 12.9. The maximum absolute atomic E-state index is 11.3. The van der Waals surface area contributed by atoms with Crippen LogP contribution < -0.4 is 0 Å². The van der Waals surface area contributed by atoms with E-state index in [9.17, 15) is 15.3 Å². The maximum atomic E-state index is 11.3. The van der Waals surface area contributed by atoms with E-state index in [0.29, 0.717) is 11.3 Å². The van der Waals surface area contributed by atoms with Crippen LogP contribution in [0.4, 0.5) is 0 Å². The molecule has 4 rings (SSSR count). The molecular weight excluding hydrogens is 384 g/mol. The van der Waals surface area contributed by atoms with E-state index < -0.39 is 0 Å². The van der Waals surface area contributed by atoms with Gasteiger partial charge in [0.05, 0.1) is 0 Å². The van der Waals surface area contributed by atoms with E-state index in [2.05, 4.69) is 47.6 Å². The minimum absolute atomic E-state index is 0.164. The maximum Gasteiger partial charge on any atom is 0.131 e. The summed E-state index contributed by atoms with van der Waals surface area (Å²) in [6.07, 6.45) is 2.94. The quantitative estimate of drug-likeness (QED) is 0.419. The average molecular weight is 417 g/mol. The second-order valence-corrected chi connectivity index (χ2v) is 10.1. The topological polar surface area (TPSA) is 60.7 Å². The van der Waals surface area contributed by atoms with Crippen LogP contribution >= 0.6 is 0 Å². The van der Waals surface area contributed by atoms with Gasteiger partial charge in [-0.15, -0.1) is 0 Å². The van der Waals surface area contributed by atoms with Crippen molar-refractivity contribution < 1.29 is 15.3 Å². The SMILES string of the molecule is CC(C)c1cc(O)cc2c1CC(C)(C)C(c1ccc3c(C(C)C)cc(O)cc3c1O)=C2. The molecule has 0 saturated heterocycles. The van der Waals surface area contributed by atoms with Gasteiger partial charge in [-0.25, -0.2) is 0 Å². The molecule has 3 nitrogen and oxygen atoms in total. The zero-order valence-corrected chi connectivity index (χ0v) is 19.2. The summed E-state index contributed by atoms with van der Waals surface area (Å²) in [4.78, 5) is 0. The Morgan fingerprint density at radius 2 is 1.39 bits per heavy atom. The van der Waals surface area contributed by atoms with Gasteiger partial charge in [0.15, 0.2) is 0 Å². The predicted molar refractivity (Wildman–Crippen MR) is 129 cm³/mol. The fourth-order valence-corrected chi connectivity index (χ4v) is 5.01. The van der Waals surface area contributed by atoms with Gasteiger partial charge in [-0.1, -0.05) is 59.8 Å². The molecule has 0 aliphatic heterocycles. The predicted octanol–water partition coefficient (Wildman–Crippen LogP) is 7.33. The molecule has 1 aliphatic carbocycles. The molecule has 31 heavy (non-hydrogen) atoms. The zero-order valence-electron chi connectivity index (χ0n) is 19.2. The van der Waals surface area contributed by atoms with Crippen molar-refractivity contribution in [2.45, 2.75) is 59.8 Å². The highest BCUT2D eigenvalue weighted by molar-refractivity contribution is 5.99. The van der Waals surface area contributed by atoms with Crippen molar-refractivity contribution in [2.75, 3.05) is 0 Å². The van der Waals surface area contributed by atoms with Crippen LogP contribution in [0, 0.1) is 5.41 Å². The van der Waals surface area contributed by atoms with E-state index in [1.165, 1.54) is 11.1 Å². The van der Waals surface area contributed by atoms with Crippen LogP contribution in [0.5, 0.6) is 17.2 Å². The molecule has 3 N–H and O–H groups in total. The van der Waals surface area contributed by atoms with E-state index in [-0.39, 0.29) is 28.6 Å². The zero-order chi connectivity index (χ0) is 22.7. The Labute approximate surface area is 184 Å². The number of phenols is 3. The van der Waals surface area contributed by atoms with Crippen LogP contribution in [0.3, 0.4) is 0 Å². The van der Waals surface area contributed by atoms with Crippen molar-refractivity contribution in [3.63, 3.8) is 0 Å². The van der Waals surface area contributed by atoms with E-state index in [4.69, 9.17) is 0 Å². The molecule has 162 valence electrons. The Kier molecular flexibility index (Phi) is 5.04. The summed E-state index contributed by atoms with van der Waals surface area (Å²) in [5, 5.41) is 33.5. The summed E-state index contributed by atoms with van der Waals surface area (Å²) >= 11 is 0. The first-order valence-electron chi connectivity index (χ1n) is 11.1. The van der Waals surface area contributed by atoms with E-state index in [1.54, 1.807) is 12.1 Å². The van der Waals surface area contributed by atoms with Crippen molar-refractivity contribution in [1.29, 1.82) is 0 Å². The number of benzene rings is 3. The van der Waals surface area contributed by atoms with Gasteiger partial charge in [-0.2, -0.15) is 0 Å². The van der Waals surface area contributed by atoms with Gasteiger partial charge < -0.3 is 15.3 Å². The Morgan fingerprint density at radius 3 is 2.03 bits per heavy atom. The molecule has 0 aromatic heterocycles. The standard InChI is InChI=1S/C28H32O3/c1-15(2)22-12-19(30)13-24-20(22)7-8-21(27(24)31)26-10-17-9-18(29)11-23(16(3)4)25(17)14-28(26,5)6/h7-13,15-16,29-31H,14H2,1-6H3. The molecule has 3 heteroatoms. The second kappa shape index (κ2) is 7.33. The van der Waals surface area contributed by atoms with Gasteiger partial charge in [-0.3, -0.25) is 0 Å². The minimum atomic E-state index is -0.198. The molecule has 1 aliphatic rings. The molecule has 0 atom stereocenters. The Balaban J connectivity index is 1.97. The van der Waals surface area contributed by atoms with E-state index >= 15 is 0 Å². The molecule has 0 heterocycles. The third-order valence-corrected chi connectivity index (χ3v) is 6.61. The highest BCUT2D eigenvalue weighted by Crippen LogP contribution is 2.50. The number of allylic oxidation sites excluding steroid dienone is 1. The summed E-state index contributed by atoms with van der Waals surface area (Å²) in [6, 6.07) is 11.2. The lowest BCUT2D eigenvalue weighted by Crippen LogP contribution is -2.22. The summed E-state index contributed by atoms with van der Waals surface area (Å²) in [5.74, 6) is 1.18. The third kappa shape index (κ3) is 3.56. The summed E-state index contributed by atoms with van der Waals surface area (Å²) in [5.41, 5.74) is 6.08. The Morgan fingerprint density at radius 1 is 0.774 bits per heavy atom. The first-order chi connectivity index (χ1) is 14.5. The lowest BCUT2D eigenvalue weighted by atomic mass is 9.69. The van der Waals surface area contributed by atoms with Crippen molar-refractivity contribution in [3.05, 3.63) is 64.2 Å². The molecule has 0 radical (unpaired) electrons. The first-order valence-corrected chi connectivity index (χ1v) is 11.1. The fraction of sp³-hybridized carbons (Fsp3) is 0.357. The average Bonchev–Trinajstić information content (AvgIpc) is 2.67. The summed E-state index contributed by atoms with van der Waals surface area (Å²) in [7, 11) is 0. The number of hydrogen-bond donors (Lipinski definition) is 3. The number of phenolic OH excluding ortho intramolecular Hbond substituents is 3. The van der Waals surface area contributed by atoms with Crippen LogP contribution in [0.2, 0.25) is 0 Å².